The molecule has 112 valence electrons. The van der Waals surface area contributed by atoms with E-state index in [1.807, 2.05) is 31.2 Å². The van der Waals surface area contributed by atoms with E-state index in [9.17, 15) is 0 Å². The van der Waals surface area contributed by atoms with Crippen LogP contribution in [0.3, 0.4) is 0 Å². The molecule has 0 aliphatic rings. The van der Waals surface area contributed by atoms with Gasteiger partial charge < -0.3 is 0 Å². The molecule has 0 fully saturated rings. The molecule has 1 aromatic carbocycles. The zero-order chi connectivity index (χ0) is 15.7. The van der Waals surface area contributed by atoms with Gasteiger partial charge in [0.05, 0.1) is 0 Å². The summed E-state index contributed by atoms with van der Waals surface area (Å²) in [7, 11) is 0. The van der Waals surface area contributed by atoms with Crippen LogP contribution in [-0.4, -0.2) is 0 Å². The first-order valence-corrected chi connectivity index (χ1v) is 8.29. The number of halogens is 2. The normalized spacial score (nSPS) is 14.6. The Labute approximate surface area is 142 Å². The second-order valence-electron chi connectivity index (χ2n) is 4.96. The summed E-state index contributed by atoms with van der Waals surface area (Å²) in [5.74, 6) is 0.300. The van der Waals surface area contributed by atoms with Gasteiger partial charge in [-0.3, -0.25) is 0 Å². The Balaban J connectivity index is 2.66. The molecule has 1 unspecified atom stereocenters. The minimum Gasteiger partial charge on any atom is -0.0877 e. The van der Waals surface area contributed by atoms with Gasteiger partial charge >= 0.3 is 0 Å². The van der Waals surface area contributed by atoms with Crippen molar-refractivity contribution in [2.45, 2.75) is 33.1 Å². The molecule has 1 rings (SSSR count). The highest BCUT2D eigenvalue weighted by Crippen LogP contribution is 2.29. The van der Waals surface area contributed by atoms with Crippen molar-refractivity contribution in [3.05, 3.63) is 81.4 Å². The van der Waals surface area contributed by atoms with Crippen LogP contribution in [-0.2, 0) is 0 Å². The molecule has 0 spiro atoms. The number of hydrogen-bond donors (Lipinski definition) is 0. The molecule has 0 radical (unpaired) electrons. The molecule has 0 nitrogen and oxygen atoms in total. The van der Waals surface area contributed by atoms with Crippen LogP contribution in [0.25, 0.3) is 0 Å². The van der Waals surface area contributed by atoms with Gasteiger partial charge in [0.1, 0.15) is 0 Å². The Bertz CT molecular complexity index is 565. The molecule has 0 N–H and O–H groups in total. The van der Waals surface area contributed by atoms with Gasteiger partial charge in [0.15, 0.2) is 0 Å². The van der Waals surface area contributed by atoms with Crippen LogP contribution in [0.4, 0.5) is 0 Å². The molecule has 0 bridgehead atoms. The van der Waals surface area contributed by atoms with Gasteiger partial charge in [0.25, 0.3) is 0 Å². The predicted octanol–water partition coefficient (Wildman–Crippen LogP) is 7.23. The lowest BCUT2D eigenvalue weighted by atomic mass is 9.98. The zero-order valence-electron chi connectivity index (χ0n) is 12.8. The van der Waals surface area contributed by atoms with Crippen molar-refractivity contribution >= 4 is 27.5 Å². The summed E-state index contributed by atoms with van der Waals surface area (Å²) >= 11 is 9.72. The van der Waals surface area contributed by atoms with Crippen molar-refractivity contribution in [1.29, 1.82) is 0 Å². The van der Waals surface area contributed by atoms with E-state index < -0.39 is 0 Å². The topological polar surface area (TPSA) is 0 Å². The predicted molar refractivity (Wildman–Crippen MR) is 99.0 cm³/mol. The lowest BCUT2D eigenvalue weighted by molar-refractivity contribution is 0.957. The van der Waals surface area contributed by atoms with Gasteiger partial charge in [-0.25, -0.2) is 0 Å². The fourth-order valence-corrected chi connectivity index (χ4v) is 2.86. The zero-order valence-corrected chi connectivity index (χ0v) is 15.2. The van der Waals surface area contributed by atoms with Gasteiger partial charge in [-0.15, -0.1) is 0 Å². The van der Waals surface area contributed by atoms with E-state index in [0.29, 0.717) is 5.92 Å². The maximum Gasteiger partial charge on any atom is 0.0455 e. The van der Waals surface area contributed by atoms with E-state index in [0.717, 1.165) is 21.5 Å². The maximum absolute atomic E-state index is 6.29. The first kappa shape index (κ1) is 18.0. The number of allylic oxidation sites excluding steroid dienone is 8. The van der Waals surface area contributed by atoms with Crippen molar-refractivity contribution in [2.75, 3.05) is 0 Å². The summed E-state index contributed by atoms with van der Waals surface area (Å²) in [6.07, 6.45) is 15.8. The van der Waals surface area contributed by atoms with Crippen molar-refractivity contribution in [2.24, 2.45) is 0 Å². The number of benzene rings is 1. The third-order valence-electron chi connectivity index (χ3n) is 3.06. The average molecular weight is 366 g/mol. The Morgan fingerprint density at radius 1 is 1.29 bits per heavy atom. The highest BCUT2D eigenvalue weighted by atomic mass is 79.9. The summed E-state index contributed by atoms with van der Waals surface area (Å²) in [5.41, 5.74) is 2.40. The minimum atomic E-state index is 0.300. The largest absolute Gasteiger partial charge is 0.0877 e. The highest BCUT2D eigenvalue weighted by molar-refractivity contribution is 9.10. The van der Waals surface area contributed by atoms with Gasteiger partial charge in [-0.05, 0) is 38.0 Å². The summed E-state index contributed by atoms with van der Waals surface area (Å²) < 4.78 is 1.01. The van der Waals surface area contributed by atoms with Crippen LogP contribution < -0.4 is 0 Å². The molecule has 1 aromatic rings. The molecular weight excluding hydrogens is 344 g/mol. The first-order valence-electron chi connectivity index (χ1n) is 7.12. The SMILES string of the molecule is C/C=C/C=C\C/C=C\C(C)=C\C(C)c1ccc(Br)cc1Cl. The Morgan fingerprint density at radius 3 is 2.71 bits per heavy atom. The number of rotatable bonds is 6. The van der Waals surface area contributed by atoms with Gasteiger partial charge in [-0.2, -0.15) is 0 Å². The van der Waals surface area contributed by atoms with Gasteiger partial charge in [-0.1, -0.05) is 88.6 Å². The van der Waals surface area contributed by atoms with Crippen molar-refractivity contribution in [3.8, 4) is 0 Å². The summed E-state index contributed by atoms with van der Waals surface area (Å²) in [4.78, 5) is 0. The van der Waals surface area contributed by atoms with Gasteiger partial charge in [0.2, 0.25) is 0 Å². The Morgan fingerprint density at radius 2 is 2.05 bits per heavy atom. The molecule has 0 heterocycles. The smallest absolute Gasteiger partial charge is 0.0455 e. The van der Waals surface area contributed by atoms with E-state index in [-0.39, 0.29) is 0 Å². The fraction of sp³-hybridized carbons (Fsp3) is 0.263. The van der Waals surface area contributed by atoms with E-state index in [1.165, 1.54) is 5.57 Å². The molecule has 0 aliphatic heterocycles. The van der Waals surface area contributed by atoms with E-state index in [2.05, 4.69) is 66.2 Å². The molecule has 0 saturated carbocycles. The monoisotopic (exact) mass is 364 g/mol. The van der Waals surface area contributed by atoms with Crippen LogP contribution in [0.5, 0.6) is 0 Å². The molecule has 0 saturated heterocycles. The van der Waals surface area contributed by atoms with E-state index in [4.69, 9.17) is 11.6 Å². The fourth-order valence-electron chi connectivity index (χ4n) is 2.01. The molecule has 2 heteroatoms. The van der Waals surface area contributed by atoms with E-state index in [1.54, 1.807) is 0 Å². The quantitative estimate of drug-likeness (QED) is 0.466. The Kier molecular flexibility index (Phi) is 8.41. The third-order valence-corrected chi connectivity index (χ3v) is 3.88. The second kappa shape index (κ2) is 9.81. The molecule has 0 amide bonds. The molecule has 21 heavy (non-hydrogen) atoms. The van der Waals surface area contributed by atoms with Crippen LogP contribution in [0, 0.1) is 0 Å². The number of hydrogen-bond acceptors (Lipinski definition) is 0. The lowest BCUT2D eigenvalue weighted by Crippen LogP contribution is -1.91. The van der Waals surface area contributed by atoms with Crippen molar-refractivity contribution in [3.63, 3.8) is 0 Å². The van der Waals surface area contributed by atoms with Crippen molar-refractivity contribution in [1.82, 2.24) is 0 Å². The summed E-state index contributed by atoms with van der Waals surface area (Å²) in [5, 5.41) is 0.805. The Hall–Kier alpha value is -1.05. The van der Waals surface area contributed by atoms with Crippen LogP contribution in [0.1, 0.15) is 38.7 Å². The highest BCUT2D eigenvalue weighted by Gasteiger charge is 2.07. The molecule has 0 aliphatic carbocycles. The standard InChI is InChI=1S/C19H22BrCl/c1-4-5-6-7-8-9-10-15(2)13-16(3)18-12-11-17(20)14-19(18)21/h4-7,9-14,16H,8H2,1-3H3/b5-4+,7-6-,10-9-,15-13+. The minimum absolute atomic E-state index is 0.300. The van der Waals surface area contributed by atoms with Crippen molar-refractivity contribution < 1.29 is 0 Å². The average Bonchev–Trinajstić information content (AvgIpc) is 2.42. The third kappa shape index (κ3) is 6.97. The lowest BCUT2D eigenvalue weighted by Gasteiger charge is -2.10. The first-order chi connectivity index (χ1) is 10.0. The van der Waals surface area contributed by atoms with Crippen LogP contribution in [0.15, 0.2) is 70.8 Å². The second-order valence-corrected chi connectivity index (χ2v) is 6.28. The summed E-state index contributed by atoms with van der Waals surface area (Å²) in [6.45, 7) is 6.30. The maximum atomic E-state index is 6.29. The summed E-state index contributed by atoms with van der Waals surface area (Å²) in [6, 6.07) is 6.05. The molecular formula is C19H22BrCl. The van der Waals surface area contributed by atoms with Crippen LogP contribution in [0.2, 0.25) is 5.02 Å². The van der Waals surface area contributed by atoms with E-state index >= 15 is 0 Å². The van der Waals surface area contributed by atoms with Gasteiger partial charge in [0, 0.05) is 15.4 Å². The van der Waals surface area contributed by atoms with Crippen LogP contribution >= 0.6 is 27.5 Å². The molecule has 1 atom stereocenters. The molecule has 0 aromatic heterocycles.